The van der Waals surface area contributed by atoms with Gasteiger partial charge in [-0.1, -0.05) is 12.1 Å². The van der Waals surface area contributed by atoms with Gasteiger partial charge in [0.05, 0.1) is 28.9 Å². The van der Waals surface area contributed by atoms with Gasteiger partial charge in [-0.3, -0.25) is 4.79 Å². The number of aromatic nitrogens is 1. The number of methoxy groups -OCH3 is 1. The van der Waals surface area contributed by atoms with E-state index < -0.39 is 5.82 Å². The summed E-state index contributed by atoms with van der Waals surface area (Å²) < 4.78 is 20.0. The number of hydrogen-bond acceptors (Lipinski definition) is 4. The fraction of sp³-hybridized carbons (Fsp3) is 0.263. The van der Waals surface area contributed by atoms with E-state index in [-0.39, 0.29) is 17.5 Å². The molecule has 4 rings (SSSR count). The predicted molar refractivity (Wildman–Crippen MR) is 95.6 cm³/mol. The lowest BCUT2D eigenvalue weighted by Gasteiger charge is -2.24. The highest BCUT2D eigenvalue weighted by molar-refractivity contribution is 7.18. The third-order valence-corrected chi connectivity index (χ3v) is 5.64. The number of likely N-dealkylation sites (tertiary alicyclic amines) is 1. The Kier molecular flexibility index (Phi) is 4.13. The quantitative estimate of drug-likeness (QED) is 0.698. The van der Waals surface area contributed by atoms with Crippen LogP contribution in [-0.2, 0) is 0 Å². The molecule has 25 heavy (non-hydrogen) atoms. The zero-order valence-electron chi connectivity index (χ0n) is 13.7. The van der Waals surface area contributed by atoms with Crippen molar-refractivity contribution in [2.75, 3.05) is 13.7 Å². The van der Waals surface area contributed by atoms with Gasteiger partial charge in [-0.25, -0.2) is 9.37 Å². The number of carbonyl (C=O) groups is 1. The summed E-state index contributed by atoms with van der Waals surface area (Å²) in [4.78, 5) is 19.5. The molecule has 0 saturated carbocycles. The Morgan fingerprint density at radius 1 is 1.32 bits per heavy atom. The van der Waals surface area contributed by atoms with Crippen molar-refractivity contribution < 1.29 is 13.9 Å². The molecular weight excluding hydrogens is 339 g/mol. The van der Waals surface area contributed by atoms with Crippen LogP contribution in [0, 0.1) is 5.82 Å². The predicted octanol–water partition coefficient (Wildman–Crippen LogP) is 4.42. The molecule has 2 aromatic carbocycles. The van der Waals surface area contributed by atoms with Crippen molar-refractivity contribution in [3.63, 3.8) is 0 Å². The number of nitrogens with zero attached hydrogens (tertiary/aromatic N) is 2. The first-order valence-electron chi connectivity index (χ1n) is 8.17. The molecule has 1 atom stereocenters. The number of rotatable bonds is 3. The lowest BCUT2D eigenvalue weighted by Crippen LogP contribution is -2.30. The zero-order chi connectivity index (χ0) is 17.4. The van der Waals surface area contributed by atoms with E-state index in [2.05, 4.69) is 0 Å². The number of ether oxygens (including phenoxy) is 1. The highest BCUT2D eigenvalue weighted by Gasteiger charge is 2.34. The van der Waals surface area contributed by atoms with Crippen LogP contribution in [0.5, 0.6) is 5.75 Å². The zero-order valence-corrected chi connectivity index (χ0v) is 14.6. The van der Waals surface area contributed by atoms with Crippen molar-refractivity contribution in [2.45, 2.75) is 18.9 Å². The van der Waals surface area contributed by atoms with Gasteiger partial charge in [0, 0.05) is 6.54 Å². The van der Waals surface area contributed by atoms with E-state index in [1.54, 1.807) is 16.2 Å². The Balaban J connectivity index is 1.69. The minimum absolute atomic E-state index is 0.0714. The van der Waals surface area contributed by atoms with E-state index in [0.29, 0.717) is 12.3 Å². The molecule has 1 saturated heterocycles. The van der Waals surface area contributed by atoms with Gasteiger partial charge in [0.1, 0.15) is 16.6 Å². The summed E-state index contributed by atoms with van der Waals surface area (Å²) in [5, 5.41) is 0.933. The molecule has 1 aliphatic rings. The van der Waals surface area contributed by atoms with Gasteiger partial charge >= 0.3 is 0 Å². The molecule has 1 unspecified atom stereocenters. The second-order valence-corrected chi connectivity index (χ2v) is 7.08. The average molecular weight is 356 g/mol. The highest BCUT2D eigenvalue weighted by Crippen LogP contribution is 2.38. The van der Waals surface area contributed by atoms with Gasteiger partial charge in [0.2, 0.25) is 0 Å². The summed E-state index contributed by atoms with van der Waals surface area (Å²) in [5.41, 5.74) is 1.21. The molecule has 6 heteroatoms. The van der Waals surface area contributed by atoms with Crippen LogP contribution in [0.1, 0.15) is 34.2 Å². The molecule has 4 nitrogen and oxygen atoms in total. The summed E-state index contributed by atoms with van der Waals surface area (Å²) >= 11 is 1.61. The number of fused-ring (bicyclic) bond motifs is 1. The number of benzene rings is 2. The Hall–Kier alpha value is -2.47. The SMILES string of the molecule is COc1ccc(F)cc1C(=O)N1CCCC1c1nc2ccccc2s1. The summed E-state index contributed by atoms with van der Waals surface area (Å²) in [6.45, 7) is 0.638. The number of thiazole rings is 1. The number of halogens is 1. The molecule has 0 bridgehead atoms. The summed E-state index contributed by atoms with van der Waals surface area (Å²) in [6, 6.07) is 11.9. The van der Waals surface area contributed by atoms with Gasteiger partial charge in [-0.15, -0.1) is 11.3 Å². The summed E-state index contributed by atoms with van der Waals surface area (Å²) in [5.74, 6) is -0.264. The second-order valence-electron chi connectivity index (χ2n) is 6.02. The van der Waals surface area contributed by atoms with E-state index in [0.717, 1.165) is 28.1 Å². The Morgan fingerprint density at radius 2 is 2.16 bits per heavy atom. The minimum atomic E-state index is -0.445. The first-order chi connectivity index (χ1) is 12.2. The maximum absolute atomic E-state index is 13.7. The number of amides is 1. The smallest absolute Gasteiger partial charge is 0.258 e. The van der Waals surface area contributed by atoms with Crippen molar-refractivity contribution in [3.05, 3.63) is 58.9 Å². The van der Waals surface area contributed by atoms with E-state index in [9.17, 15) is 9.18 Å². The largest absolute Gasteiger partial charge is 0.496 e. The van der Waals surface area contributed by atoms with Crippen LogP contribution in [0.25, 0.3) is 10.2 Å². The molecule has 1 fully saturated rings. The molecule has 0 aliphatic carbocycles. The van der Waals surface area contributed by atoms with Crippen molar-refractivity contribution in [2.24, 2.45) is 0 Å². The van der Waals surface area contributed by atoms with Gasteiger partial charge < -0.3 is 9.64 Å². The van der Waals surface area contributed by atoms with Gasteiger partial charge in [-0.2, -0.15) is 0 Å². The molecule has 0 radical (unpaired) electrons. The van der Waals surface area contributed by atoms with E-state index >= 15 is 0 Å². The van der Waals surface area contributed by atoms with Crippen molar-refractivity contribution >= 4 is 27.5 Å². The number of hydrogen-bond donors (Lipinski definition) is 0. The fourth-order valence-electron chi connectivity index (χ4n) is 3.30. The Bertz CT molecular complexity index is 907. The molecule has 0 spiro atoms. The molecule has 3 aromatic rings. The monoisotopic (exact) mass is 356 g/mol. The molecule has 2 heterocycles. The fourth-order valence-corrected chi connectivity index (χ4v) is 4.42. The van der Waals surface area contributed by atoms with E-state index in [1.807, 2.05) is 24.3 Å². The molecule has 1 amide bonds. The van der Waals surface area contributed by atoms with Crippen LogP contribution < -0.4 is 4.74 Å². The van der Waals surface area contributed by atoms with Crippen LogP contribution >= 0.6 is 11.3 Å². The third-order valence-electron chi connectivity index (χ3n) is 4.50. The van der Waals surface area contributed by atoms with Gasteiger partial charge in [-0.05, 0) is 43.2 Å². The first kappa shape index (κ1) is 16.0. The number of carbonyl (C=O) groups excluding carboxylic acids is 1. The minimum Gasteiger partial charge on any atom is -0.496 e. The normalized spacial score (nSPS) is 17.2. The topological polar surface area (TPSA) is 42.4 Å². The lowest BCUT2D eigenvalue weighted by atomic mass is 10.1. The third kappa shape index (κ3) is 2.87. The first-order valence-corrected chi connectivity index (χ1v) is 8.99. The van der Waals surface area contributed by atoms with Crippen molar-refractivity contribution in [3.8, 4) is 5.75 Å². The van der Waals surface area contributed by atoms with Crippen molar-refractivity contribution in [1.29, 1.82) is 0 Å². The molecule has 1 aromatic heterocycles. The van der Waals surface area contributed by atoms with E-state index in [4.69, 9.17) is 9.72 Å². The molecule has 128 valence electrons. The van der Waals surface area contributed by atoms with Crippen LogP contribution in [0.15, 0.2) is 42.5 Å². The van der Waals surface area contributed by atoms with E-state index in [1.165, 1.54) is 25.3 Å². The maximum atomic E-state index is 13.7. The van der Waals surface area contributed by atoms with Gasteiger partial charge in [0.15, 0.2) is 0 Å². The second kappa shape index (κ2) is 6.44. The number of para-hydroxylation sites is 1. The summed E-state index contributed by atoms with van der Waals surface area (Å²) in [7, 11) is 1.49. The lowest BCUT2D eigenvalue weighted by molar-refractivity contribution is 0.0731. The molecule has 0 N–H and O–H groups in total. The van der Waals surface area contributed by atoms with Crippen LogP contribution in [0.2, 0.25) is 0 Å². The average Bonchev–Trinajstić information content (AvgIpc) is 3.27. The maximum Gasteiger partial charge on any atom is 0.258 e. The molecular formula is C19H17FN2O2S. The Labute approximate surface area is 148 Å². The van der Waals surface area contributed by atoms with Crippen LogP contribution in [-0.4, -0.2) is 29.4 Å². The highest BCUT2D eigenvalue weighted by atomic mass is 32.1. The summed E-state index contributed by atoms with van der Waals surface area (Å²) in [6.07, 6.45) is 1.77. The van der Waals surface area contributed by atoms with Crippen LogP contribution in [0.4, 0.5) is 4.39 Å². The standard InChI is InChI=1S/C19H17FN2O2S/c1-24-16-9-8-12(20)11-13(16)19(23)22-10-4-6-15(22)18-21-14-5-2-3-7-17(14)25-18/h2-3,5,7-9,11,15H,4,6,10H2,1H3. The molecule has 1 aliphatic heterocycles. The van der Waals surface area contributed by atoms with Crippen molar-refractivity contribution in [1.82, 2.24) is 9.88 Å². The Morgan fingerprint density at radius 3 is 2.96 bits per heavy atom. The van der Waals surface area contributed by atoms with Crippen LogP contribution in [0.3, 0.4) is 0 Å². The van der Waals surface area contributed by atoms with Gasteiger partial charge in [0.25, 0.3) is 5.91 Å².